The molecule has 21 heavy (non-hydrogen) atoms. The van der Waals surface area contributed by atoms with Crippen molar-refractivity contribution in [2.75, 3.05) is 26.0 Å². The fraction of sp³-hybridized carbons (Fsp3) is 0.211. The summed E-state index contributed by atoms with van der Waals surface area (Å²) in [5, 5.41) is 0. The van der Waals surface area contributed by atoms with Crippen molar-refractivity contribution < 1.29 is 4.58 Å². The highest BCUT2D eigenvalue weighted by molar-refractivity contribution is 5.99. The van der Waals surface area contributed by atoms with Crippen LogP contribution in [0.25, 0.3) is 6.08 Å². The molecule has 0 aliphatic carbocycles. The Labute approximate surface area is 126 Å². The number of allylic oxidation sites excluding steroid dienone is 1. The molecule has 0 aromatic heterocycles. The number of hydrogen-bond acceptors (Lipinski definition) is 1. The molecular formula is C19H21N2+. The largest absolute Gasteiger partial charge is 0.378 e. The lowest BCUT2D eigenvalue weighted by molar-refractivity contribution is -0.400. The van der Waals surface area contributed by atoms with E-state index in [4.69, 9.17) is 0 Å². The van der Waals surface area contributed by atoms with Gasteiger partial charge in [0.1, 0.15) is 7.05 Å². The summed E-state index contributed by atoms with van der Waals surface area (Å²) in [6.45, 7) is 0. The second-order valence-electron chi connectivity index (χ2n) is 5.68. The monoisotopic (exact) mass is 277 g/mol. The zero-order chi connectivity index (χ0) is 14.8. The summed E-state index contributed by atoms with van der Waals surface area (Å²) in [7, 11) is 6.26. The van der Waals surface area contributed by atoms with Crippen molar-refractivity contribution in [2.45, 2.75) is 6.42 Å². The van der Waals surface area contributed by atoms with E-state index in [9.17, 15) is 0 Å². The molecule has 106 valence electrons. The van der Waals surface area contributed by atoms with Gasteiger partial charge >= 0.3 is 0 Å². The second-order valence-corrected chi connectivity index (χ2v) is 5.68. The van der Waals surface area contributed by atoms with E-state index >= 15 is 0 Å². The quantitative estimate of drug-likeness (QED) is 0.775. The SMILES string of the molecule is CN(C)c1ccc(/C=C/C2=[N+](C)c3ccccc3C2)cc1. The number of hydrogen-bond donors (Lipinski definition) is 0. The minimum atomic E-state index is 1.01. The Morgan fingerprint density at radius 3 is 2.33 bits per heavy atom. The molecule has 0 unspecified atom stereocenters. The molecule has 0 spiro atoms. The van der Waals surface area contributed by atoms with Crippen LogP contribution in [0, 0.1) is 0 Å². The number of para-hydroxylation sites is 1. The van der Waals surface area contributed by atoms with Crippen molar-refractivity contribution in [2.24, 2.45) is 0 Å². The van der Waals surface area contributed by atoms with Crippen LogP contribution in [0.1, 0.15) is 11.1 Å². The maximum absolute atomic E-state index is 2.28. The van der Waals surface area contributed by atoms with Gasteiger partial charge in [-0.05, 0) is 23.8 Å². The third-order valence-electron chi connectivity index (χ3n) is 4.03. The maximum Gasteiger partial charge on any atom is 0.208 e. The van der Waals surface area contributed by atoms with Crippen molar-refractivity contribution in [3.63, 3.8) is 0 Å². The minimum Gasteiger partial charge on any atom is -0.378 e. The summed E-state index contributed by atoms with van der Waals surface area (Å²) in [5.41, 5.74) is 6.53. The van der Waals surface area contributed by atoms with Gasteiger partial charge in [0.15, 0.2) is 5.71 Å². The zero-order valence-electron chi connectivity index (χ0n) is 12.9. The van der Waals surface area contributed by atoms with Crippen LogP contribution >= 0.6 is 0 Å². The molecule has 0 atom stereocenters. The van der Waals surface area contributed by atoms with Crippen LogP contribution in [0.15, 0.2) is 54.6 Å². The van der Waals surface area contributed by atoms with Crippen molar-refractivity contribution >= 4 is 23.2 Å². The standard InChI is InChI=1S/C19H21N2/c1-20(2)17-11-8-15(9-12-17)10-13-18-14-16-6-4-5-7-19(16)21(18)3/h4-13H,14H2,1-3H3/q+1. The summed E-state index contributed by atoms with van der Waals surface area (Å²) < 4.78 is 2.28. The van der Waals surface area contributed by atoms with E-state index < -0.39 is 0 Å². The highest BCUT2D eigenvalue weighted by Gasteiger charge is 2.23. The fourth-order valence-corrected chi connectivity index (χ4v) is 2.70. The molecule has 0 bridgehead atoms. The average molecular weight is 277 g/mol. The van der Waals surface area contributed by atoms with E-state index in [1.807, 2.05) is 0 Å². The summed E-state index contributed by atoms with van der Waals surface area (Å²) in [5.74, 6) is 0. The predicted molar refractivity (Wildman–Crippen MR) is 90.8 cm³/mol. The first-order valence-corrected chi connectivity index (χ1v) is 7.28. The van der Waals surface area contributed by atoms with Crippen LogP contribution in [-0.4, -0.2) is 31.4 Å². The van der Waals surface area contributed by atoms with Crippen LogP contribution < -0.4 is 4.90 Å². The number of benzene rings is 2. The number of anilines is 1. The predicted octanol–water partition coefficient (Wildman–Crippen LogP) is 3.74. The first-order chi connectivity index (χ1) is 10.1. The molecule has 0 N–H and O–H groups in total. The van der Waals surface area contributed by atoms with E-state index in [2.05, 4.69) is 91.3 Å². The van der Waals surface area contributed by atoms with Crippen LogP contribution in [0.3, 0.4) is 0 Å². The molecule has 2 nitrogen and oxygen atoms in total. The van der Waals surface area contributed by atoms with Gasteiger partial charge < -0.3 is 4.90 Å². The number of fused-ring (bicyclic) bond motifs is 1. The van der Waals surface area contributed by atoms with E-state index in [-0.39, 0.29) is 0 Å². The van der Waals surface area contributed by atoms with E-state index in [1.165, 1.54) is 28.2 Å². The van der Waals surface area contributed by atoms with Gasteiger partial charge in [0.25, 0.3) is 0 Å². The topological polar surface area (TPSA) is 6.25 Å². The Hall–Kier alpha value is -2.35. The molecule has 2 aromatic carbocycles. The Bertz CT molecular complexity index is 707. The van der Waals surface area contributed by atoms with Gasteiger partial charge in [0.2, 0.25) is 5.69 Å². The fourth-order valence-electron chi connectivity index (χ4n) is 2.70. The Balaban J connectivity index is 1.80. The van der Waals surface area contributed by atoms with Crippen LogP contribution in [-0.2, 0) is 6.42 Å². The zero-order valence-corrected chi connectivity index (χ0v) is 12.9. The number of nitrogens with zero attached hydrogens (tertiary/aromatic N) is 2. The Morgan fingerprint density at radius 2 is 1.67 bits per heavy atom. The molecule has 0 fully saturated rings. The third-order valence-corrected chi connectivity index (χ3v) is 4.03. The third kappa shape index (κ3) is 2.75. The minimum absolute atomic E-state index is 1.01. The van der Waals surface area contributed by atoms with E-state index in [0.717, 1.165) is 6.42 Å². The molecule has 1 aliphatic heterocycles. The summed E-state index contributed by atoms with van der Waals surface area (Å²) >= 11 is 0. The summed E-state index contributed by atoms with van der Waals surface area (Å²) in [6.07, 6.45) is 5.43. The lowest BCUT2D eigenvalue weighted by atomic mass is 10.1. The lowest BCUT2D eigenvalue weighted by Gasteiger charge is -2.11. The van der Waals surface area contributed by atoms with Gasteiger partial charge in [0, 0.05) is 37.5 Å². The smallest absolute Gasteiger partial charge is 0.208 e. The molecule has 0 radical (unpaired) electrons. The van der Waals surface area contributed by atoms with Crippen LogP contribution in [0.5, 0.6) is 0 Å². The Morgan fingerprint density at radius 1 is 0.952 bits per heavy atom. The highest BCUT2D eigenvalue weighted by Crippen LogP contribution is 2.25. The van der Waals surface area contributed by atoms with Gasteiger partial charge in [0.05, 0.1) is 6.42 Å². The first-order valence-electron chi connectivity index (χ1n) is 7.28. The van der Waals surface area contributed by atoms with Crippen molar-refractivity contribution in [3.8, 4) is 0 Å². The van der Waals surface area contributed by atoms with Crippen molar-refractivity contribution in [1.82, 2.24) is 0 Å². The normalized spacial score (nSPS) is 13.9. The molecule has 2 aromatic rings. The summed E-state index contributed by atoms with van der Waals surface area (Å²) in [6, 6.07) is 17.2. The molecule has 1 heterocycles. The lowest BCUT2D eigenvalue weighted by Crippen LogP contribution is -2.08. The molecule has 0 amide bonds. The molecule has 2 heteroatoms. The van der Waals surface area contributed by atoms with Crippen molar-refractivity contribution in [3.05, 3.63) is 65.7 Å². The average Bonchev–Trinajstić information content (AvgIpc) is 2.82. The molecule has 0 saturated heterocycles. The number of rotatable bonds is 3. The molecular weight excluding hydrogens is 256 g/mol. The maximum atomic E-state index is 2.28. The molecule has 1 aliphatic rings. The van der Waals surface area contributed by atoms with Gasteiger partial charge in [-0.25, -0.2) is 0 Å². The van der Waals surface area contributed by atoms with Crippen LogP contribution in [0.4, 0.5) is 11.4 Å². The van der Waals surface area contributed by atoms with Gasteiger partial charge in [-0.15, -0.1) is 0 Å². The van der Waals surface area contributed by atoms with Gasteiger partial charge in [-0.3, -0.25) is 0 Å². The van der Waals surface area contributed by atoms with Crippen molar-refractivity contribution in [1.29, 1.82) is 0 Å². The van der Waals surface area contributed by atoms with E-state index in [1.54, 1.807) is 0 Å². The molecule has 0 saturated carbocycles. The summed E-state index contributed by atoms with van der Waals surface area (Å²) in [4.78, 5) is 2.11. The van der Waals surface area contributed by atoms with Gasteiger partial charge in [-0.1, -0.05) is 30.3 Å². The second kappa shape index (κ2) is 5.57. The highest BCUT2D eigenvalue weighted by atomic mass is 15.1. The Kier molecular flexibility index (Phi) is 3.61. The van der Waals surface area contributed by atoms with E-state index in [0.29, 0.717) is 0 Å². The van der Waals surface area contributed by atoms with Crippen LogP contribution in [0.2, 0.25) is 0 Å². The van der Waals surface area contributed by atoms with Gasteiger partial charge in [-0.2, -0.15) is 4.58 Å². The first kappa shape index (κ1) is 13.6. The molecule has 3 rings (SSSR count).